The van der Waals surface area contributed by atoms with Gasteiger partial charge in [0, 0.05) is 12.2 Å². The summed E-state index contributed by atoms with van der Waals surface area (Å²) in [6.45, 7) is 3.87. The quantitative estimate of drug-likeness (QED) is 0.384. The van der Waals surface area contributed by atoms with Gasteiger partial charge in [0.05, 0.1) is 6.21 Å². The van der Waals surface area contributed by atoms with E-state index in [-0.39, 0.29) is 12.5 Å². The highest BCUT2D eigenvalue weighted by molar-refractivity contribution is 6.35. The Morgan fingerprint density at radius 2 is 1.75 bits per heavy atom. The highest BCUT2D eigenvalue weighted by Crippen LogP contribution is 2.14. The van der Waals surface area contributed by atoms with Crippen molar-refractivity contribution in [2.75, 3.05) is 18.5 Å². The highest BCUT2D eigenvalue weighted by atomic mass is 16.5. The van der Waals surface area contributed by atoms with E-state index in [1.54, 1.807) is 31.2 Å². The first-order valence-electron chi connectivity index (χ1n) is 8.69. The molecular formula is C20H22N4O4. The number of hydrogen-bond donors (Lipinski definition) is 3. The molecule has 3 N–H and O–H groups in total. The number of carbonyl (C=O) groups is 3. The zero-order valence-corrected chi connectivity index (χ0v) is 15.7. The Bertz CT molecular complexity index is 863. The summed E-state index contributed by atoms with van der Waals surface area (Å²) in [4.78, 5) is 34.6. The van der Waals surface area contributed by atoms with Crippen molar-refractivity contribution in [1.82, 2.24) is 10.7 Å². The van der Waals surface area contributed by atoms with Crippen LogP contribution in [-0.4, -0.2) is 37.1 Å². The van der Waals surface area contributed by atoms with Crippen LogP contribution in [0.1, 0.15) is 18.1 Å². The third-order valence-corrected chi connectivity index (χ3v) is 3.59. The summed E-state index contributed by atoms with van der Waals surface area (Å²) in [5.74, 6) is -1.32. The van der Waals surface area contributed by atoms with E-state index in [0.717, 1.165) is 11.3 Å². The van der Waals surface area contributed by atoms with Gasteiger partial charge in [-0.15, -0.1) is 0 Å². The molecule has 0 unspecified atom stereocenters. The summed E-state index contributed by atoms with van der Waals surface area (Å²) in [7, 11) is 0. The maximum absolute atomic E-state index is 12.0. The molecule has 2 aromatic rings. The molecule has 146 valence electrons. The van der Waals surface area contributed by atoms with E-state index in [2.05, 4.69) is 21.2 Å². The average Bonchev–Trinajstić information content (AvgIpc) is 2.69. The first-order chi connectivity index (χ1) is 13.5. The molecule has 3 amide bonds. The normalized spacial score (nSPS) is 10.4. The second-order valence-electron chi connectivity index (χ2n) is 5.78. The molecule has 0 aliphatic rings. The number of nitrogens with one attached hydrogen (secondary N) is 3. The van der Waals surface area contributed by atoms with Gasteiger partial charge in [-0.1, -0.05) is 18.2 Å². The number of anilines is 1. The monoisotopic (exact) mass is 382 g/mol. The van der Waals surface area contributed by atoms with Crippen LogP contribution in [-0.2, 0) is 14.4 Å². The predicted octanol–water partition coefficient (Wildman–Crippen LogP) is 1.60. The molecule has 2 aromatic carbocycles. The number of carbonyl (C=O) groups excluding carboxylic acids is 3. The molecule has 28 heavy (non-hydrogen) atoms. The molecule has 0 radical (unpaired) electrons. The number of para-hydroxylation sites is 1. The van der Waals surface area contributed by atoms with Gasteiger partial charge in [-0.2, -0.15) is 5.10 Å². The van der Waals surface area contributed by atoms with Gasteiger partial charge >= 0.3 is 11.8 Å². The van der Waals surface area contributed by atoms with Gasteiger partial charge < -0.3 is 15.4 Å². The number of nitrogens with zero attached hydrogens (tertiary/aromatic N) is 1. The standard InChI is InChI=1S/C20H22N4O4/c1-3-21-19(26)20(27)24-22-12-15-8-10-16(11-9-15)28-13-18(25)23-17-7-5-4-6-14(17)2/h4-12H,3,13H2,1-2H3,(H,21,26)(H,23,25)(H,24,27)/b22-12-. The SMILES string of the molecule is CCNC(=O)C(=O)N/N=C\c1ccc(OCC(=O)Nc2ccccc2C)cc1. The van der Waals surface area contributed by atoms with Crippen molar-refractivity contribution in [2.45, 2.75) is 13.8 Å². The Kier molecular flexibility index (Phi) is 7.71. The number of benzene rings is 2. The molecule has 0 bridgehead atoms. The minimum atomic E-state index is -0.835. The van der Waals surface area contributed by atoms with Crippen molar-refractivity contribution >= 4 is 29.6 Å². The van der Waals surface area contributed by atoms with Gasteiger partial charge in [-0.05, 0) is 55.3 Å². The third kappa shape index (κ3) is 6.56. The lowest BCUT2D eigenvalue weighted by molar-refractivity contribution is -0.139. The second kappa shape index (κ2) is 10.5. The van der Waals surface area contributed by atoms with Crippen LogP contribution in [0.25, 0.3) is 0 Å². The number of likely N-dealkylation sites (N-methyl/N-ethyl adjacent to an activating group) is 1. The number of ether oxygens (including phenoxy) is 1. The largest absolute Gasteiger partial charge is 0.484 e. The van der Waals surface area contributed by atoms with E-state index >= 15 is 0 Å². The molecule has 0 aliphatic heterocycles. The van der Waals surface area contributed by atoms with Crippen LogP contribution < -0.4 is 20.8 Å². The van der Waals surface area contributed by atoms with Gasteiger partial charge in [0.25, 0.3) is 5.91 Å². The lowest BCUT2D eigenvalue weighted by Gasteiger charge is -2.09. The van der Waals surface area contributed by atoms with Crippen molar-refractivity contribution in [3.8, 4) is 5.75 Å². The van der Waals surface area contributed by atoms with Gasteiger partial charge in [0.15, 0.2) is 6.61 Å². The smallest absolute Gasteiger partial charge is 0.329 e. The molecule has 0 aliphatic carbocycles. The molecule has 8 heteroatoms. The van der Waals surface area contributed by atoms with E-state index in [1.165, 1.54) is 6.21 Å². The lowest BCUT2D eigenvalue weighted by atomic mass is 10.2. The zero-order valence-electron chi connectivity index (χ0n) is 15.7. The molecule has 0 aromatic heterocycles. The van der Waals surface area contributed by atoms with Crippen molar-refractivity contribution in [3.63, 3.8) is 0 Å². The first kappa shape index (κ1) is 20.6. The van der Waals surface area contributed by atoms with Crippen molar-refractivity contribution in [1.29, 1.82) is 0 Å². The summed E-state index contributed by atoms with van der Waals surface area (Å²) >= 11 is 0. The minimum Gasteiger partial charge on any atom is -0.484 e. The molecule has 0 heterocycles. The summed E-state index contributed by atoms with van der Waals surface area (Å²) in [6.07, 6.45) is 1.39. The summed E-state index contributed by atoms with van der Waals surface area (Å²) in [5.41, 5.74) is 4.54. The fraction of sp³-hybridized carbons (Fsp3) is 0.200. The Labute approximate surface area is 163 Å². The number of hydrogen-bond acceptors (Lipinski definition) is 5. The maximum Gasteiger partial charge on any atom is 0.329 e. The van der Waals surface area contributed by atoms with Crippen LogP contribution in [0.3, 0.4) is 0 Å². The Morgan fingerprint density at radius 3 is 2.43 bits per heavy atom. The van der Waals surface area contributed by atoms with Crippen molar-refractivity contribution < 1.29 is 19.1 Å². The summed E-state index contributed by atoms with van der Waals surface area (Å²) < 4.78 is 5.46. The van der Waals surface area contributed by atoms with Gasteiger partial charge in [0.2, 0.25) is 0 Å². The van der Waals surface area contributed by atoms with E-state index < -0.39 is 11.8 Å². The maximum atomic E-state index is 12.0. The van der Waals surface area contributed by atoms with Crippen molar-refractivity contribution in [2.24, 2.45) is 5.10 Å². The van der Waals surface area contributed by atoms with Crippen LogP contribution in [0.2, 0.25) is 0 Å². The fourth-order valence-electron chi connectivity index (χ4n) is 2.16. The number of rotatable bonds is 7. The molecule has 0 spiro atoms. The number of hydrazone groups is 1. The molecule has 8 nitrogen and oxygen atoms in total. The predicted molar refractivity (Wildman–Crippen MR) is 106 cm³/mol. The second-order valence-corrected chi connectivity index (χ2v) is 5.78. The fourth-order valence-corrected chi connectivity index (χ4v) is 2.16. The molecular weight excluding hydrogens is 360 g/mol. The van der Waals surface area contributed by atoms with Crippen LogP contribution in [0.5, 0.6) is 5.75 Å². The number of amides is 3. The molecule has 0 saturated heterocycles. The van der Waals surface area contributed by atoms with Gasteiger partial charge in [-0.3, -0.25) is 14.4 Å². The van der Waals surface area contributed by atoms with Crippen LogP contribution in [0.15, 0.2) is 53.6 Å². The highest BCUT2D eigenvalue weighted by Gasteiger charge is 2.10. The van der Waals surface area contributed by atoms with Crippen LogP contribution >= 0.6 is 0 Å². The Hall–Kier alpha value is -3.68. The molecule has 0 saturated carbocycles. The lowest BCUT2D eigenvalue weighted by Crippen LogP contribution is -2.37. The van der Waals surface area contributed by atoms with Crippen LogP contribution in [0.4, 0.5) is 5.69 Å². The number of aryl methyl sites for hydroxylation is 1. The third-order valence-electron chi connectivity index (χ3n) is 3.59. The topological polar surface area (TPSA) is 109 Å². The first-order valence-corrected chi connectivity index (χ1v) is 8.69. The summed E-state index contributed by atoms with van der Waals surface area (Å²) in [6, 6.07) is 14.2. The zero-order chi connectivity index (χ0) is 20.4. The average molecular weight is 382 g/mol. The van der Waals surface area contributed by atoms with E-state index in [4.69, 9.17) is 4.74 Å². The molecule has 0 fully saturated rings. The van der Waals surface area contributed by atoms with Gasteiger partial charge in [-0.25, -0.2) is 5.43 Å². The van der Waals surface area contributed by atoms with Crippen molar-refractivity contribution in [3.05, 3.63) is 59.7 Å². The molecule has 2 rings (SSSR count). The van der Waals surface area contributed by atoms with Gasteiger partial charge in [0.1, 0.15) is 5.75 Å². The summed E-state index contributed by atoms with van der Waals surface area (Å²) in [5, 5.41) is 8.87. The Balaban J connectivity index is 1.80. The van der Waals surface area contributed by atoms with E-state index in [1.807, 2.05) is 31.2 Å². The van der Waals surface area contributed by atoms with E-state index in [9.17, 15) is 14.4 Å². The molecule has 0 atom stereocenters. The minimum absolute atomic E-state index is 0.121. The van der Waals surface area contributed by atoms with Crippen LogP contribution in [0, 0.1) is 6.92 Å². The van der Waals surface area contributed by atoms with E-state index in [0.29, 0.717) is 17.9 Å². The Morgan fingerprint density at radius 1 is 1.04 bits per heavy atom.